The molecule has 0 radical (unpaired) electrons. The minimum Gasteiger partial charge on any atom is -0.497 e. The first-order chi connectivity index (χ1) is 9.25. The van der Waals surface area contributed by atoms with Gasteiger partial charge in [0.2, 0.25) is 0 Å². The molecule has 1 rings (SSSR count). The van der Waals surface area contributed by atoms with Gasteiger partial charge in [-0.1, -0.05) is 0 Å². The maximum absolute atomic E-state index is 12.5. The number of carbonyl (C=O) groups is 2. The lowest BCUT2D eigenvalue weighted by molar-refractivity contribution is -0.170. The smallest absolute Gasteiger partial charge is 0.471 e. The first-order valence-corrected chi connectivity index (χ1v) is 5.50. The summed E-state index contributed by atoms with van der Waals surface area (Å²) in [4.78, 5) is 22.2. The Hall–Kier alpha value is -2.25. The van der Waals surface area contributed by atoms with E-state index in [1.54, 1.807) is 0 Å². The molecular weight excluding hydrogens is 279 g/mol. The quantitative estimate of drug-likeness (QED) is 0.901. The van der Waals surface area contributed by atoms with Gasteiger partial charge in [0.1, 0.15) is 5.75 Å². The maximum Gasteiger partial charge on any atom is 0.471 e. The highest BCUT2D eigenvalue weighted by Gasteiger charge is 2.43. The lowest BCUT2D eigenvalue weighted by Gasteiger charge is -2.23. The van der Waals surface area contributed by atoms with Crippen LogP contribution in [0, 0.1) is 0 Å². The zero-order valence-corrected chi connectivity index (χ0v) is 10.5. The Morgan fingerprint density at radius 3 is 2.20 bits per heavy atom. The summed E-state index contributed by atoms with van der Waals surface area (Å²) in [7, 11) is 1.39. The van der Waals surface area contributed by atoms with Crippen molar-refractivity contribution in [1.29, 1.82) is 0 Å². The van der Waals surface area contributed by atoms with Crippen LogP contribution in [0.2, 0.25) is 0 Å². The molecule has 20 heavy (non-hydrogen) atoms. The summed E-state index contributed by atoms with van der Waals surface area (Å²) in [6.07, 6.45) is -5.66. The van der Waals surface area contributed by atoms with Crippen LogP contribution in [0.25, 0.3) is 0 Å². The lowest BCUT2D eigenvalue weighted by atomic mass is 10.2. The van der Waals surface area contributed by atoms with Crippen LogP contribution < -0.4 is 9.64 Å². The Labute approximate surface area is 112 Å². The molecule has 5 nitrogen and oxygen atoms in total. The van der Waals surface area contributed by atoms with Gasteiger partial charge in [-0.2, -0.15) is 13.2 Å². The topological polar surface area (TPSA) is 66.8 Å². The van der Waals surface area contributed by atoms with Crippen molar-refractivity contribution in [3.63, 3.8) is 0 Å². The van der Waals surface area contributed by atoms with Crippen molar-refractivity contribution in [2.24, 2.45) is 0 Å². The number of hydrogen-bond donors (Lipinski definition) is 1. The van der Waals surface area contributed by atoms with Crippen molar-refractivity contribution in [2.75, 3.05) is 18.6 Å². The first kappa shape index (κ1) is 15.8. The summed E-state index contributed by atoms with van der Waals surface area (Å²) in [5.74, 6) is -2.99. The molecule has 1 amide bonds. The van der Waals surface area contributed by atoms with Crippen LogP contribution in [0.15, 0.2) is 24.3 Å². The van der Waals surface area contributed by atoms with E-state index >= 15 is 0 Å². The zero-order valence-electron chi connectivity index (χ0n) is 10.5. The van der Waals surface area contributed by atoms with E-state index in [0.717, 1.165) is 0 Å². The average molecular weight is 291 g/mol. The number of hydrogen-bond acceptors (Lipinski definition) is 3. The summed E-state index contributed by atoms with van der Waals surface area (Å²) in [6.45, 7) is -0.569. The number of carboxylic acids is 1. The van der Waals surface area contributed by atoms with E-state index in [2.05, 4.69) is 0 Å². The summed E-state index contributed by atoms with van der Waals surface area (Å²) in [5, 5.41) is 8.54. The number of amides is 1. The summed E-state index contributed by atoms with van der Waals surface area (Å²) in [6, 6.07) is 5.27. The van der Waals surface area contributed by atoms with Gasteiger partial charge in [-0.3, -0.25) is 9.59 Å². The second kappa shape index (κ2) is 6.27. The van der Waals surface area contributed by atoms with Gasteiger partial charge in [0.15, 0.2) is 0 Å². The Balaban J connectivity index is 3.02. The standard InChI is InChI=1S/C12H12F3NO4/c1-20-9-4-2-8(3-5-9)16(7-6-10(17)18)11(19)12(13,14)15/h2-5H,6-7H2,1H3,(H,17,18). The normalized spacial score (nSPS) is 11.0. The summed E-state index contributed by atoms with van der Waals surface area (Å²) >= 11 is 0. The molecule has 1 N–H and O–H groups in total. The SMILES string of the molecule is COc1ccc(N(CCC(=O)O)C(=O)C(F)(F)F)cc1. The Kier molecular flexibility index (Phi) is 4.95. The molecule has 0 spiro atoms. The van der Waals surface area contributed by atoms with Crippen molar-refractivity contribution >= 4 is 17.6 Å². The Morgan fingerprint density at radius 1 is 1.25 bits per heavy atom. The Morgan fingerprint density at radius 2 is 1.80 bits per heavy atom. The van der Waals surface area contributed by atoms with E-state index in [-0.39, 0.29) is 5.69 Å². The number of anilines is 1. The van der Waals surface area contributed by atoms with Crippen molar-refractivity contribution < 1.29 is 32.6 Å². The fraction of sp³-hybridized carbons (Fsp3) is 0.333. The first-order valence-electron chi connectivity index (χ1n) is 5.50. The molecule has 0 fully saturated rings. The molecule has 0 unspecified atom stereocenters. The molecule has 1 aromatic carbocycles. The molecule has 8 heteroatoms. The van der Waals surface area contributed by atoms with E-state index in [1.165, 1.54) is 31.4 Å². The molecule has 0 aliphatic carbocycles. The minimum atomic E-state index is -5.07. The third-order valence-corrected chi connectivity index (χ3v) is 2.42. The number of nitrogens with zero attached hydrogens (tertiary/aromatic N) is 1. The van der Waals surface area contributed by atoms with Gasteiger partial charge in [-0.05, 0) is 24.3 Å². The number of carbonyl (C=O) groups excluding carboxylic acids is 1. The molecule has 0 atom stereocenters. The van der Waals surface area contributed by atoms with E-state index in [4.69, 9.17) is 9.84 Å². The number of benzene rings is 1. The number of alkyl halides is 3. The maximum atomic E-state index is 12.5. The predicted molar refractivity (Wildman–Crippen MR) is 63.7 cm³/mol. The van der Waals surface area contributed by atoms with Crippen molar-refractivity contribution in [2.45, 2.75) is 12.6 Å². The van der Waals surface area contributed by atoms with E-state index in [9.17, 15) is 22.8 Å². The fourth-order valence-corrected chi connectivity index (χ4v) is 1.47. The van der Waals surface area contributed by atoms with E-state index in [1.807, 2.05) is 0 Å². The van der Waals surface area contributed by atoms with Gasteiger partial charge < -0.3 is 14.7 Å². The third-order valence-electron chi connectivity index (χ3n) is 2.42. The number of carboxylic acid groups (broad SMARTS) is 1. The lowest BCUT2D eigenvalue weighted by Crippen LogP contribution is -2.42. The monoisotopic (exact) mass is 291 g/mol. The highest BCUT2D eigenvalue weighted by Crippen LogP contribution is 2.25. The molecule has 0 aliphatic rings. The number of methoxy groups -OCH3 is 1. The number of halogens is 3. The number of ether oxygens (including phenoxy) is 1. The predicted octanol–water partition coefficient (Wildman–Crippen LogP) is 2.07. The molecule has 0 heterocycles. The molecular formula is C12H12F3NO4. The minimum absolute atomic E-state index is 0.0469. The fourth-order valence-electron chi connectivity index (χ4n) is 1.47. The van der Waals surface area contributed by atoms with Gasteiger partial charge in [-0.15, -0.1) is 0 Å². The van der Waals surface area contributed by atoms with Crippen molar-refractivity contribution in [3.05, 3.63) is 24.3 Å². The van der Waals surface area contributed by atoms with Crippen LogP contribution >= 0.6 is 0 Å². The summed E-state index contributed by atoms with van der Waals surface area (Å²) < 4.78 is 42.3. The van der Waals surface area contributed by atoms with Crippen LogP contribution in [0.1, 0.15) is 6.42 Å². The second-order valence-corrected chi connectivity index (χ2v) is 3.80. The van der Waals surface area contributed by atoms with Gasteiger partial charge in [0.05, 0.1) is 13.5 Å². The largest absolute Gasteiger partial charge is 0.497 e. The molecule has 0 saturated carbocycles. The third kappa shape index (κ3) is 4.15. The van der Waals surface area contributed by atoms with Crippen LogP contribution in [0.3, 0.4) is 0 Å². The summed E-state index contributed by atoms with van der Waals surface area (Å²) in [5.41, 5.74) is -0.0469. The average Bonchev–Trinajstić information content (AvgIpc) is 2.38. The van der Waals surface area contributed by atoms with Gasteiger partial charge in [0, 0.05) is 12.2 Å². The van der Waals surface area contributed by atoms with E-state index in [0.29, 0.717) is 10.6 Å². The molecule has 0 aliphatic heterocycles. The van der Waals surface area contributed by atoms with Crippen LogP contribution in [0.4, 0.5) is 18.9 Å². The molecule has 0 saturated heterocycles. The van der Waals surface area contributed by atoms with Gasteiger partial charge in [-0.25, -0.2) is 0 Å². The highest BCUT2D eigenvalue weighted by molar-refractivity contribution is 5.97. The van der Waals surface area contributed by atoms with E-state index < -0.39 is 31.0 Å². The van der Waals surface area contributed by atoms with Crippen molar-refractivity contribution in [3.8, 4) is 5.75 Å². The molecule has 110 valence electrons. The van der Waals surface area contributed by atoms with Crippen LogP contribution in [-0.4, -0.2) is 36.8 Å². The van der Waals surface area contributed by atoms with Crippen molar-refractivity contribution in [1.82, 2.24) is 0 Å². The second-order valence-electron chi connectivity index (χ2n) is 3.80. The Bertz CT molecular complexity index is 484. The molecule has 1 aromatic rings. The number of rotatable bonds is 5. The number of aliphatic carboxylic acids is 1. The molecule has 0 bridgehead atoms. The molecule has 0 aromatic heterocycles. The van der Waals surface area contributed by atoms with Gasteiger partial charge >= 0.3 is 18.1 Å². The zero-order chi connectivity index (χ0) is 15.3. The van der Waals surface area contributed by atoms with Gasteiger partial charge in [0.25, 0.3) is 0 Å². The van der Waals surface area contributed by atoms with Crippen LogP contribution in [0.5, 0.6) is 5.75 Å². The van der Waals surface area contributed by atoms with Crippen LogP contribution in [-0.2, 0) is 9.59 Å². The highest BCUT2D eigenvalue weighted by atomic mass is 19.4.